The zero-order chi connectivity index (χ0) is 20.7. The molecule has 5 atom stereocenters. The van der Waals surface area contributed by atoms with Gasteiger partial charge in [0.25, 0.3) is 0 Å². The molecule has 2 fully saturated rings. The Bertz CT molecular complexity index is 973. The van der Waals surface area contributed by atoms with E-state index in [0.29, 0.717) is 5.69 Å². The Morgan fingerprint density at radius 1 is 1.00 bits per heavy atom. The lowest BCUT2D eigenvalue weighted by Gasteiger charge is -2.38. The quantitative estimate of drug-likeness (QED) is 0.617. The van der Waals surface area contributed by atoms with Crippen LogP contribution in [0.2, 0.25) is 0 Å². The average Bonchev–Trinajstić information content (AvgIpc) is 3.07. The lowest BCUT2D eigenvalue weighted by Crippen LogP contribution is -2.49. The molecule has 2 heterocycles. The fraction of sp³-hybridized carbons (Fsp3) is 0.333. The number of anilines is 1. The minimum atomic E-state index is -0.891. The first-order chi connectivity index (χ1) is 14.6. The van der Waals surface area contributed by atoms with Gasteiger partial charge in [-0.3, -0.25) is 24.3 Å². The summed E-state index contributed by atoms with van der Waals surface area (Å²) in [6.07, 6.45) is 9.50. The molecule has 2 aromatic rings. The highest BCUT2D eigenvalue weighted by Crippen LogP contribution is 2.50. The number of nitrogens with zero attached hydrogens (tertiary/aromatic N) is 2. The summed E-state index contributed by atoms with van der Waals surface area (Å²) in [4.78, 5) is 45.4. The smallest absolute Gasteiger partial charge is 0.248 e. The molecule has 4 aliphatic rings. The SMILES string of the molecule is O=C(Nc1cccnc1)[C@H](Cc1ccccc1)N1C(=O)[C@@H]2[C@H](C1=O)[C@H]1C=C[C@H]2CC1. The van der Waals surface area contributed by atoms with Crippen LogP contribution < -0.4 is 5.32 Å². The largest absolute Gasteiger partial charge is 0.323 e. The van der Waals surface area contributed by atoms with E-state index in [1.165, 1.54) is 4.90 Å². The summed E-state index contributed by atoms with van der Waals surface area (Å²) in [7, 11) is 0. The lowest BCUT2D eigenvalue weighted by molar-refractivity contribution is -0.146. The Labute approximate surface area is 175 Å². The van der Waals surface area contributed by atoms with E-state index in [1.54, 1.807) is 24.5 Å². The molecule has 6 nitrogen and oxygen atoms in total. The summed E-state index contributed by atoms with van der Waals surface area (Å²) >= 11 is 0. The molecule has 0 spiro atoms. The van der Waals surface area contributed by atoms with E-state index in [2.05, 4.69) is 22.5 Å². The molecule has 1 aromatic carbocycles. The third-order valence-electron chi connectivity index (χ3n) is 6.61. The first-order valence-corrected chi connectivity index (χ1v) is 10.4. The van der Waals surface area contributed by atoms with Crippen LogP contribution in [0.5, 0.6) is 0 Å². The molecule has 6 heteroatoms. The van der Waals surface area contributed by atoms with Gasteiger partial charge in [0.05, 0.1) is 23.7 Å². The molecular weight excluding hydrogens is 378 g/mol. The summed E-state index contributed by atoms with van der Waals surface area (Å²) in [5, 5.41) is 2.84. The van der Waals surface area contributed by atoms with E-state index < -0.39 is 6.04 Å². The van der Waals surface area contributed by atoms with Gasteiger partial charge in [-0.25, -0.2) is 0 Å². The predicted octanol–water partition coefficient (Wildman–Crippen LogP) is 2.83. The first kappa shape index (κ1) is 18.7. The van der Waals surface area contributed by atoms with Crippen molar-refractivity contribution in [3.8, 4) is 0 Å². The van der Waals surface area contributed by atoms with E-state index in [9.17, 15) is 14.4 Å². The van der Waals surface area contributed by atoms with Gasteiger partial charge in [-0.1, -0.05) is 42.5 Å². The number of rotatable bonds is 5. The van der Waals surface area contributed by atoms with E-state index in [0.717, 1.165) is 18.4 Å². The van der Waals surface area contributed by atoms with Crippen LogP contribution in [0.1, 0.15) is 18.4 Å². The number of carbonyl (C=O) groups excluding carboxylic acids is 3. The number of likely N-dealkylation sites (tertiary alicyclic amines) is 1. The molecule has 1 saturated heterocycles. The third-order valence-corrected chi connectivity index (χ3v) is 6.61. The standard InChI is InChI=1S/C24H23N3O3/c28-22(26-18-7-4-12-25-14-18)19(13-15-5-2-1-3-6-15)27-23(29)20-16-8-9-17(11-10-16)21(20)24(27)30/h1-9,12,14,16-17,19-21H,10-11,13H2,(H,26,28)/t16-,17-,19-,20-,21+/m0/s1. The van der Waals surface area contributed by atoms with Crippen LogP contribution in [-0.2, 0) is 20.8 Å². The van der Waals surface area contributed by atoms with Crippen LogP contribution in [-0.4, -0.2) is 33.6 Å². The van der Waals surface area contributed by atoms with Gasteiger partial charge in [0, 0.05) is 12.6 Å². The highest BCUT2D eigenvalue weighted by molar-refractivity contribution is 6.10. The Hall–Kier alpha value is -3.28. The van der Waals surface area contributed by atoms with Gasteiger partial charge in [-0.15, -0.1) is 0 Å². The van der Waals surface area contributed by atoms with Gasteiger partial charge in [0.15, 0.2) is 0 Å². The van der Waals surface area contributed by atoms with Gasteiger partial charge in [0.1, 0.15) is 6.04 Å². The van der Waals surface area contributed by atoms with Crippen molar-refractivity contribution in [1.82, 2.24) is 9.88 Å². The summed E-state index contributed by atoms with van der Waals surface area (Å²) < 4.78 is 0. The summed E-state index contributed by atoms with van der Waals surface area (Å²) in [5.41, 5.74) is 1.44. The summed E-state index contributed by atoms with van der Waals surface area (Å²) in [6.45, 7) is 0. The molecule has 0 unspecified atom stereocenters. The molecule has 152 valence electrons. The minimum Gasteiger partial charge on any atom is -0.323 e. The molecule has 2 bridgehead atoms. The van der Waals surface area contributed by atoms with E-state index in [-0.39, 0.29) is 47.8 Å². The van der Waals surface area contributed by atoms with Gasteiger partial charge in [-0.2, -0.15) is 0 Å². The Morgan fingerprint density at radius 2 is 1.67 bits per heavy atom. The zero-order valence-corrected chi connectivity index (χ0v) is 16.5. The van der Waals surface area contributed by atoms with Crippen LogP contribution in [0.3, 0.4) is 0 Å². The van der Waals surface area contributed by atoms with Crippen LogP contribution >= 0.6 is 0 Å². The number of amides is 3. The van der Waals surface area contributed by atoms with Gasteiger partial charge >= 0.3 is 0 Å². The van der Waals surface area contributed by atoms with Crippen LogP contribution in [0, 0.1) is 23.7 Å². The molecule has 1 aliphatic heterocycles. The Morgan fingerprint density at radius 3 is 2.23 bits per heavy atom. The molecular formula is C24H23N3O3. The zero-order valence-electron chi connectivity index (χ0n) is 16.5. The number of benzene rings is 1. The first-order valence-electron chi connectivity index (χ1n) is 10.4. The molecule has 30 heavy (non-hydrogen) atoms. The van der Waals surface area contributed by atoms with Crippen molar-refractivity contribution < 1.29 is 14.4 Å². The number of hydrogen-bond donors (Lipinski definition) is 1. The van der Waals surface area contributed by atoms with Crippen molar-refractivity contribution in [2.24, 2.45) is 23.7 Å². The van der Waals surface area contributed by atoms with Crippen molar-refractivity contribution in [2.45, 2.75) is 25.3 Å². The highest BCUT2D eigenvalue weighted by Gasteiger charge is 2.58. The normalized spacial score (nSPS) is 27.8. The van der Waals surface area contributed by atoms with Crippen molar-refractivity contribution in [2.75, 3.05) is 5.32 Å². The lowest BCUT2D eigenvalue weighted by atomic mass is 9.63. The second-order valence-corrected chi connectivity index (χ2v) is 8.32. The van der Waals surface area contributed by atoms with Gasteiger partial charge in [0.2, 0.25) is 17.7 Å². The Balaban J connectivity index is 1.47. The molecule has 0 radical (unpaired) electrons. The maximum Gasteiger partial charge on any atom is 0.248 e. The number of carbonyl (C=O) groups is 3. The van der Waals surface area contributed by atoms with E-state index in [1.807, 2.05) is 30.3 Å². The van der Waals surface area contributed by atoms with Gasteiger partial charge in [-0.05, 0) is 42.4 Å². The maximum absolute atomic E-state index is 13.4. The summed E-state index contributed by atoms with van der Waals surface area (Å²) in [5.74, 6) is -1.23. The van der Waals surface area contributed by atoms with Crippen LogP contribution in [0.15, 0.2) is 67.0 Å². The third kappa shape index (κ3) is 3.12. The highest BCUT2D eigenvalue weighted by atomic mass is 16.2. The molecule has 1 aromatic heterocycles. The number of nitrogens with one attached hydrogen (secondary N) is 1. The average molecular weight is 401 g/mol. The number of hydrogen-bond acceptors (Lipinski definition) is 4. The van der Waals surface area contributed by atoms with Crippen molar-refractivity contribution in [3.63, 3.8) is 0 Å². The summed E-state index contributed by atoms with van der Waals surface area (Å²) in [6, 6.07) is 12.1. The fourth-order valence-corrected chi connectivity index (χ4v) is 5.21. The van der Waals surface area contributed by atoms with Gasteiger partial charge < -0.3 is 5.32 Å². The monoisotopic (exact) mass is 401 g/mol. The molecule has 1 saturated carbocycles. The van der Waals surface area contributed by atoms with Crippen LogP contribution in [0.4, 0.5) is 5.69 Å². The van der Waals surface area contributed by atoms with Crippen LogP contribution in [0.25, 0.3) is 0 Å². The number of pyridine rings is 1. The number of allylic oxidation sites excluding steroid dienone is 2. The Kier molecular flexibility index (Phi) is 4.69. The van der Waals surface area contributed by atoms with Crippen molar-refractivity contribution >= 4 is 23.4 Å². The van der Waals surface area contributed by atoms with E-state index >= 15 is 0 Å². The van der Waals surface area contributed by atoms with E-state index in [4.69, 9.17) is 0 Å². The minimum absolute atomic E-state index is 0.0974. The number of aromatic nitrogens is 1. The molecule has 1 N–H and O–H groups in total. The fourth-order valence-electron chi connectivity index (χ4n) is 5.21. The number of fused-ring (bicyclic) bond motifs is 1. The predicted molar refractivity (Wildman–Crippen MR) is 111 cm³/mol. The van der Waals surface area contributed by atoms with Crippen molar-refractivity contribution in [3.05, 3.63) is 72.6 Å². The molecule has 6 rings (SSSR count). The second-order valence-electron chi connectivity index (χ2n) is 8.32. The molecule has 3 amide bonds. The topological polar surface area (TPSA) is 79.4 Å². The number of imide groups is 1. The van der Waals surface area contributed by atoms with Crippen molar-refractivity contribution in [1.29, 1.82) is 0 Å². The molecule has 3 aliphatic carbocycles. The second kappa shape index (κ2) is 7.52. The maximum atomic E-state index is 13.4.